The average molecular weight is 611 g/mol. The molecule has 3 unspecified atom stereocenters. The zero-order chi connectivity index (χ0) is 32.3. The summed E-state index contributed by atoms with van der Waals surface area (Å²) in [6.45, 7) is 7.37. The fraction of sp³-hybridized carbons (Fsp3) is 0.658. The highest BCUT2D eigenvalue weighted by molar-refractivity contribution is 5.70. The van der Waals surface area contributed by atoms with Gasteiger partial charge >= 0.3 is 17.9 Å². The van der Waals surface area contributed by atoms with Crippen LogP contribution in [0.5, 0.6) is 0 Å². The minimum Gasteiger partial charge on any atom is -0.465 e. The Hall–Kier alpha value is -3.07. The molecule has 0 spiro atoms. The lowest BCUT2D eigenvalue weighted by Crippen LogP contribution is -2.36. The van der Waals surface area contributed by atoms with Crippen molar-refractivity contribution in [3.8, 4) is 12.3 Å². The van der Waals surface area contributed by atoms with Crippen LogP contribution in [0, 0.1) is 29.6 Å². The van der Waals surface area contributed by atoms with Gasteiger partial charge in [0.2, 0.25) is 0 Å². The molecule has 0 saturated heterocycles. The Morgan fingerprint density at radius 3 is 2.09 bits per heavy atom. The van der Waals surface area contributed by atoms with Crippen LogP contribution in [-0.2, 0) is 28.6 Å². The number of esters is 3. The molecule has 0 amide bonds. The Kier molecular flexibility index (Phi) is 22.4. The van der Waals surface area contributed by atoms with Crippen molar-refractivity contribution in [2.24, 2.45) is 17.3 Å². The van der Waals surface area contributed by atoms with E-state index in [1.165, 1.54) is 51.4 Å². The number of terminal acetylenes is 1. The van der Waals surface area contributed by atoms with E-state index in [4.69, 9.17) is 20.6 Å². The largest absolute Gasteiger partial charge is 0.465 e. The maximum atomic E-state index is 12.5. The zero-order valence-corrected chi connectivity index (χ0v) is 27.6. The van der Waals surface area contributed by atoms with Gasteiger partial charge in [0.05, 0.1) is 5.41 Å². The molecule has 3 atom stereocenters. The first-order chi connectivity index (χ1) is 21.3. The fourth-order valence-electron chi connectivity index (χ4n) is 5.35. The summed E-state index contributed by atoms with van der Waals surface area (Å²) in [5.74, 6) is 3.08. The van der Waals surface area contributed by atoms with Crippen molar-refractivity contribution in [2.45, 2.75) is 123 Å². The molecule has 1 aliphatic carbocycles. The summed E-state index contributed by atoms with van der Waals surface area (Å²) in [7, 11) is 0. The van der Waals surface area contributed by atoms with Gasteiger partial charge in [-0.15, -0.1) is 18.9 Å². The first-order valence-corrected chi connectivity index (χ1v) is 16.8. The highest BCUT2D eigenvalue weighted by atomic mass is 16.6. The Bertz CT molecular complexity index is 955. The number of carbonyl (C=O) groups excluding carboxylic acids is 3. The number of unbranched alkanes of at least 4 members (excludes halogenated alkanes) is 5. The lowest BCUT2D eigenvalue weighted by Gasteiger charge is -2.28. The van der Waals surface area contributed by atoms with Crippen LogP contribution in [0.3, 0.4) is 0 Å². The van der Waals surface area contributed by atoms with Gasteiger partial charge in [0.15, 0.2) is 0 Å². The number of allylic oxidation sites excluding steroid dienone is 7. The zero-order valence-electron chi connectivity index (χ0n) is 27.6. The molecular formula is C38H58O6. The maximum Gasteiger partial charge on any atom is 0.306 e. The van der Waals surface area contributed by atoms with Crippen LogP contribution >= 0.6 is 0 Å². The van der Waals surface area contributed by atoms with E-state index in [0.717, 1.165) is 24.7 Å². The van der Waals surface area contributed by atoms with Crippen LogP contribution in [0.4, 0.5) is 0 Å². The molecule has 0 heterocycles. The summed E-state index contributed by atoms with van der Waals surface area (Å²) >= 11 is 0. The standard InChI is InChI=1S/C38H58O6/c1-5-8-11-12-13-14-15-19-23-33-25-22-26-34(33)24-20-16-17-21-29-37(41)44-32-38(4,30-42-35(39)27-10-7-3)31-43-36(40)28-18-9-6-2/h2,5,7-8,11-12,16,20,33-34H,3,9-10,13-15,17-19,21-32H2,1,4H3. The van der Waals surface area contributed by atoms with E-state index >= 15 is 0 Å². The van der Waals surface area contributed by atoms with E-state index < -0.39 is 5.41 Å². The molecule has 246 valence electrons. The molecule has 0 aromatic carbocycles. The molecule has 0 N–H and O–H groups in total. The van der Waals surface area contributed by atoms with E-state index in [9.17, 15) is 14.4 Å². The molecule has 0 radical (unpaired) electrons. The van der Waals surface area contributed by atoms with Crippen molar-refractivity contribution in [3.63, 3.8) is 0 Å². The molecule has 1 rings (SSSR count). The Labute approximate surface area is 267 Å². The summed E-state index contributed by atoms with van der Waals surface area (Å²) in [5, 5.41) is 0. The third-order valence-corrected chi connectivity index (χ3v) is 8.06. The molecule has 6 heteroatoms. The van der Waals surface area contributed by atoms with Crippen molar-refractivity contribution in [2.75, 3.05) is 19.8 Å². The first kappa shape index (κ1) is 39.0. The summed E-state index contributed by atoms with van der Waals surface area (Å²) in [6.07, 6.45) is 35.4. The van der Waals surface area contributed by atoms with Crippen LogP contribution in [0.15, 0.2) is 49.1 Å². The second-order valence-electron chi connectivity index (χ2n) is 12.3. The molecule has 0 aromatic rings. The van der Waals surface area contributed by atoms with Crippen LogP contribution in [-0.4, -0.2) is 37.7 Å². The Morgan fingerprint density at radius 1 is 0.795 bits per heavy atom. The quantitative estimate of drug-likeness (QED) is 0.0256. The number of hydrogen-bond donors (Lipinski definition) is 0. The normalized spacial score (nSPS) is 17.9. The second kappa shape index (κ2) is 25.3. The minimum absolute atomic E-state index is 0.00990. The number of hydrogen-bond acceptors (Lipinski definition) is 6. The van der Waals surface area contributed by atoms with Gasteiger partial charge in [0.25, 0.3) is 0 Å². The maximum absolute atomic E-state index is 12.5. The second-order valence-corrected chi connectivity index (χ2v) is 12.3. The topological polar surface area (TPSA) is 78.9 Å². The number of ether oxygens (including phenoxy) is 3. The highest BCUT2D eigenvalue weighted by Gasteiger charge is 2.31. The SMILES string of the molecule is C#CCCCC(=O)OCC(C)(COC(=O)CCC=C)COC(=O)CCCC=CCC1CCCC1CCCCCC=CC=CC. The fourth-order valence-corrected chi connectivity index (χ4v) is 5.35. The lowest BCUT2D eigenvalue weighted by molar-refractivity contribution is -0.160. The van der Waals surface area contributed by atoms with E-state index in [2.05, 4.69) is 49.0 Å². The van der Waals surface area contributed by atoms with E-state index in [1.54, 1.807) is 13.0 Å². The molecule has 1 aliphatic rings. The molecule has 0 aliphatic heterocycles. The van der Waals surface area contributed by atoms with Gasteiger partial charge in [-0.3, -0.25) is 14.4 Å². The van der Waals surface area contributed by atoms with Crippen LogP contribution < -0.4 is 0 Å². The van der Waals surface area contributed by atoms with E-state index in [-0.39, 0.29) is 50.6 Å². The van der Waals surface area contributed by atoms with Crippen LogP contribution in [0.25, 0.3) is 0 Å². The van der Waals surface area contributed by atoms with Crippen molar-refractivity contribution in [1.82, 2.24) is 0 Å². The van der Waals surface area contributed by atoms with Crippen molar-refractivity contribution >= 4 is 17.9 Å². The van der Waals surface area contributed by atoms with Crippen LogP contribution in [0.2, 0.25) is 0 Å². The van der Waals surface area contributed by atoms with Gasteiger partial charge < -0.3 is 14.2 Å². The molecule has 0 bridgehead atoms. The molecule has 0 aromatic heterocycles. The van der Waals surface area contributed by atoms with Gasteiger partial charge in [0.1, 0.15) is 19.8 Å². The van der Waals surface area contributed by atoms with Crippen molar-refractivity contribution in [1.29, 1.82) is 0 Å². The van der Waals surface area contributed by atoms with Gasteiger partial charge in [-0.2, -0.15) is 0 Å². The smallest absolute Gasteiger partial charge is 0.306 e. The Balaban J connectivity index is 2.36. The van der Waals surface area contributed by atoms with Crippen molar-refractivity contribution in [3.05, 3.63) is 49.1 Å². The first-order valence-electron chi connectivity index (χ1n) is 16.8. The average Bonchev–Trinajstić information content (AvgIpc) is 3.47. The summed E-state index contributed by atoms with van der Waals surface area (Å²) in [5.41, 5.74) is -0.845. The van der Waals surface area contributed by atoms with E-state index in [1.807, 2.05) is 6.92 Å². The third-order valence-electron chi connectivity index (χ3n) is 8.06. The minimum atomic E-state index is -0.845. The van der Waals surface area contributed by atoms with E-state index in [0.29, 0.717) is 32.1 Å². The van der Waals surface area contributed by atoms with Gasteiger partial charge in [-0.1, -0.05) is 74.6 Å². The van der Waals surface area contributed by atoms with Gasteiger partial charge in [-0.25, -0.2) is 0 Å². The Morgan fingerprint density at radius 2 is 1.43 bits per heavy atom. The molecule has 1 fully saturated rings. The third kappa shape index (κ3) is 20.0. The summed E-state index contributed by atoms with van der Waals surface area (Å²) in [4.78, 5) is 36.6. The number of carbonyl (C=O) groups is 3. The molecule has 1 saturated carbocycles. The summed E-state index contributed by atoms with van der Waals surface area (Å²) < 4.78 is 16.3. The molecule has 6 nitrogen and oxygen atoms in total. The molecule has 44 heavy (non-hydrogen) atoms. The molecular weight excluding hydrogens is 552 g/mol. The highest BCUT2D eigenvalue weighted by Crippen LogP contribution is 2.37. The predicted molar refractivity (Wildman–Crippen MR) is 179 cm³/mol. The van der Waals surface area contributed by atoms with Gasteiger partial charge in [0, 0.05) is 25.7 Å². The predicted octanol–water partition coefficient (Wildman–Crippen LogP) is 9.01. The number of rotatable bonds is 25. The lowest BCUT2D eigenvalue weighted by atomic mass is 9.88. The van der Waals surface area contributed by atoms with Crippen molar-refractivity contribution < 1.29 is 28.6 Å². The van der Waals surface area contributed by atoms with Gasteiger partial charge in [-0.05, 0) is 77.0 Å². The monoisotopic (exact) mass is 610 g/mol. The summed E-state index contributed by atoms with van der Waals surface area (Å²) in [6, 6.07) is 0. The van der Waals surface area contributed by atoms with Crippen LogP contribution in [0.1, 0.15) is 123 Å².